The number of carbonyl (C=O) groups excluding carboxylic acids is 1. The molecule has 10 nitrogen and oxygen atoms in total. The van der Waals surface area contributed by atoms with Gasteiger partial charge in [-0.2, -0.15) is 13.9 Å². The molecule has 0 radical (unpaired) electrons. The van der Waals surface area contributed by atoms with Crippen molar-refractivity contribution in [2.75, 3.05) is 5.32 Å². The number of nitrogens with one attached hydrogen (secondary N) is 2. The molecule has 0 aliphatic heterocycles. The van der Waals surface area contributed by atoms with E-state index in [1.54, 1.807) is 6.07 Å². The lowest BCUT2D eigenvalue weighted by Crippen LogP contribution is -2.27. The van der Waals surface area contributed by atoms with Crippen molar-refractivity contribution in [1.82, 2.24) is 24.4 Å². The summed E-state index contributed by atoms with van der Waals surface area (Å²) in [6, 6.07) is 5.26. The molecule has 2 atom stereocenters. The molecule has 1 saturated carbocycles. The summed E-state index contributed by atoms with van der Waals surface area (Å²) in [6.07, 6.45) is 6.76. The number of aliphatic hydroxyl groups is 1. The highest BCUT2D eigenvalue weighted by atomic mass is 35.5. The lowest BCUT2D eigenvalue weighted by Gasteiger charge is -2.27. The Morgan fingerprint density at radius 3 is 2.89 bits per heavy atom. The van der Waals surface area contributed by atoms with Crippen LogP contribution >= 0.6 is 11.6 Å². The topological polar surface area (TPSA) is 127 Å². The number of alkyl halides is 2. The van der Waals surface area contributed by atoms with Gasteiger partial charge in [0.15, 0.2) is 11.2 Å². The van der Waals surface area contributed by atoms with Crippen LogP contribution in [0.15, 0.2) is 47.7 Å². The number of rotatable bonds is 6. The number of aromatic nitrogens is 5. The lowest BCUT2D eigenvalue weighted by molar-refractivity contribution is -0.0494. The summed E-state index contributed by atoms with van der Waals surface area (Å²) < 4.78 is 33.7. The van der Waals surface area contributed by atoms with E-state index >= 15 is 0 Å². The Hall–Kier alpha value is -3.77. The minimum Gasteiger partial charge on any atom is -0.434 e. The van der Waals surface area contributed by atoms with Crippen molar-refractivity contribution >= 4 is 28.8 Å². The number of fused-ring (bicyclic) bond motifs is 1. The van der Waals surface area contributed by atoms with Gasteiger partial charge in [0.25, 0.3) is 11.5 Å². The number of hydrogen-bond donors (Lipinski definition) is 3. The maximum atomic E-state index is 13.2. The molecule has 3 N–H and O–H groups in total. The second kappa shape index (κ2) is 9.70. The first-order chi connectivity index (χ1) is 17.3. The van der Waals surface area contributed by atoms with Gasteiger partial charge in [0.2, 0.25) is 0 Å². The van der Waals surface area contributed by atoms with Gasteiger partial charge in [-0.1, -0.05) is 24.4 Å². The number of carbonyl (C=O) groups is 1. The molecule has 0 saturated heterocycles. The Balaban J connectivity index is 1.61. The molecule has 188 valence electrons. The maximum absolute atomic E-state index is 13.2. The molecule has 0 bridgehead atoms. The van der Waals surface area contributed by atoms with Crippen molar-refractivity contribution in [3.05, 3.63) is 63.8 Å². The fourth-order valence-electron chi connectivity index (χ4n) is 4.44. The number of anilines is 1. The smallest absolute Gasteiger partial charge is 0.387 e. The number of amides is 1. The van der Waals surface area contributed by atoms with Crippen LogP contribution in [0, 0.1) is 0 Å². The number of hydrogen-bond acceptors (Lipinski definition) is 6. The normalized spacial score (nSPS) is 18.0. The summed E-state index contributed by atoms with van der Waals surface area (Å²) in [5, 5.41) is 20.5. The van der Waals surface area contributed by atoms with Gasteiger partial charge in [0.05, 0.1) is 17.8 Å². The molecule has 1 fully saturated rings. The molecule has 5 rings (SSSR count). The first-order valence-electron chi connectivity index (χ1n) is 11.2. The highest BCUT2D eigenvalue weighted by Gasteiger charge is 2.29. The third-order valence-corrected chi connectivity index (χ3v) is 6.31. The van der Waals surface area contributed by atoms with Crippen LogP contribution < -0.4 is 15.6 Å². The van der Waals surface area contributed by atoms with Crippen LogP contribution in [0.5, 0.6) is 5.75 Å². The summed E-state index contributed by atoms with van der Waals surface area (Å²) in [5.41, 5.74) is -0.465. The third kappa shape index (κ3) is 4.56. The van der Waals surface area contributed by atoms with Gasteiger partial charge in [-0.05, 0) is 37.1 Å². The van der Waals surface area contributed by atoms with Crippen LogP contribution in [0.4, 0.5) is 14.5 Å². The summed E-state index contributed by atoms with van der Waals surface area (Å²) >= 11 is 6.15. The minimum atomic E-state index is -3.11. The highest BCUT2D eigenvalue weighted by molar-refractivity contribution is 6.31. The first-order valence-corrected chi connectivity index (χ1v) is 11.6. The predicted octanol–water partition coefficient (Wildman–Crippen LogP) is 3.87. The van der Waals surface area contributed by atoms with Gasteiger partial charge >= 0.3 is 6.61 Å². The van der Waals surface area contributed by atoms with E-state index in [1.807, 2.05) is 0 Å². The monoisotopic (exact) mass is 518 g/mol. The van der Waals surface area contributed by atoms with Crippen molar-refractivity contribution in [3.8, 4) is 17.0 Å². The number of nitrogens with zero attached hydrogens (tertiary/aromatic N) is 4. The van der Waals surface area contributed by atoms with E-state index in [0.717, 1.165) is 12.8 Å². The molecule has 1 amide bonds. The third-order valence-electron chi connectivity index (χ3n) is 6.07. The zero-order valence-electron chi connectivity index (χ0n) is 18.7. The number of H-pyrrole nitrogens is 1. The summed E-state index contributed by atoms with van der Waals surface area (Å²) in [4.78, 5) is 29.8. The standard InChI is InChI=1S/C23H21ClF2N6O4/c24-12-6-7-17(36-23(25)26)13(10-12)19-14(11-32(29-19)15-4-1-2-5-16(15)33)28-21(34)18-20-27-8-3-9-31(20)30-22(18)35/h3,6-11,15-16,23,33H,1-2,4-5H2,(H,28,34)(H,30,35). The second-order valence-corrected chi connectivity index (χ2v) is 8.83. The molecule has 1 aliphatic carbocycles. The van der Waals surface area contributed by atoms with Gasteiger partial charge in [0.1, 0.15) is 11.4 Å². The molecule has 4 aromatic rings. The minimum absolute atomic E-state index is 0.0900. The van der Waals surface area contributed by atoms with Crippen LogP contribution in [-0.2, 0) is 0 Å². The number of benzene rings is 1. The molecule has 3 heterocycles. The Morgan fingerprint density at radius 1 is 1.31 bits per heavy atom. The van der Waals surface area contributed by atoms with Crippen LogP contribution in [0.25, 0.3) is 16.9 Å². The molecular weight excluding hydrogens is 498 g/mol. The molecular formula is C23H21ClF2N6O4. The van der Waals surface area contributed by atoms with E-state index in [-0.39, 0.29) is 45.0 Å². The van der Waals surface area contributed by atoms with Crippen molar-refractivity contribution < 1.29 is 23.4 Å². The van der Waals surface area contributed by atoms with Gasteiger partial charge in [-0.3, -0.25) is 19.4 Å². The van der Waals surface area contributed by atoms with Crippen molar-refractivity contribution in [2.45, 2.75) is 44.4 Å². The number of halogens is 3. The van der Waals surface area contributed by atoms with Crippen LogP contribution in [0.3, 0.4) is 0 Å². The van der Waals surface area contributed by atoms with E-state index in [9.17, 15) is 23.5 Å². The van der Waals surface area contributed by atoms with Crippen molar-refractivity contribution in [1.29, 1.82) is 0 Å². The predicted molar refractivity (Wildman–Crippen MR) is 127 cm³/mol. The van der Waals surface area contributed by atoms with Crippen molar-refractivity contribution in [2.24, 2.45) is 0 Å². The Morgan fingerprint density at radius 2 is 2.11 bits per heavy atom. The fraction of sp³-hybridized carbons (Fsp3) is 0.304. The van der Waals surface area contributed by atoms with E-state index in [4.69, 9.17) is 11.6 Å². The zero-order valence-corrected chi connectivity index (χ0v) is 19.5. The summed E-state index contributed by atoms with van der Waals surface area (Å²) in [5.74, 6) is -0.978. The summed E-state index contributed by atoms with van der Waals surface area (Å²) in [7, 11) is 0. The quantitative estimate of drug-likeness (QED) is 0.356. The van der Waals surface area contributed by atoms with Gasteiger partial charge < -0.3 is 15.2 Å². The Bertz CT molecular complexity index is 1480. The van der Waals surface area contributed by atoms with Crippen molar-refractivity contribution in [3.63, 3.8) is 0 Å². The van der Waals surface area contributed by atoms with Gasteiger partial charge in [-0.15, -0.1) is 0 Å². The van der Waals surface area contributed by atoms with Crippen LogP contribution in [0.1, 0.15) is 42.1 Å². The molecule has 2 unspecified atom stereocenters. The molecule has 1 aliphatic rings. The maximum Gasteiger partial charge on any atom is 0.387 e. The number of aromatic amines is 1. The average Bonchev–Trinajstić information content (AvgIpc) is 3.40. The molecule has 0 spiro atoms. The second-order valence-electron chi connectivity index (χ2n) is 8.39. The number of ether oxygens (including phenoxy) is 1. The van der Waals surface area contributed by atoms with Crippen LogP contribution in [-0.4, -0.2) is 48.1 Å². The Kier molecular flexibility index (Phi) is 6.46. The molecule has 3 aromatic heterocycles. The SMILES string of the molecule is O=C(Nc1cn(C2CCCCC2O)nc1-c1cc(Cl)ccc1OC(F)F)c1c(=O)[nH]n2cccnc12. The number of aliphatic hydroxyl groups excluding tert-OH is 1. The summed E-state index contributed by atoms with van der Waals surface area (Å²) in [6.45, 7) is -3.11. The van der Waals surface area contributed by atoms with E-state index in [0.29, 0.717) is 12.8 Å². The highest BCUT2D eigenvalue weighted by Crippen LogP contribution is 2.39. The van der Waals surface area contributed by atoms with E-state index in [2.05, 4.69) is 25.2 Å². The van der Waals surface area contributed by atoms with Gasteiger partial charge in [0, 0.05) is 29.2 Å². The molecule has 36 heavy (non-hydrogen) atoms. The molecule has 13 heteroatoms. The van der Waals surface area contributed by atoms with E-state index < -0.39 is 24.2 Å². The van der Waals surface area contributed by atoms with Crippen LogP contribution in [0.2, 0.25) is 5.02 Å². The van der Waals surface area contributed by atoms with E-state index in [1.165, 1.54) is 46.0 Å². The molecule has 1 aromatic carbocycles. The average molecular weight is 519 g/mol. The van der Waals surface area contributed by atoms with Gasteiger partial charge in [-0.25, -0.2) is 9.50 Å². The lowest BCUT2D eigenvalue weighted by atomic mass is 9.93. The largest absolute Gasteiger partial charge is 0.434 e. The Labute approximate surface area is 207 Å². The fourth-order valence-corrected chi connectivity index (χ4v) is 4.61. The first kappa shape index (κ1) is 23.9. The zero-order chi connectivity index (χ0) is 25.4.